The van der Waals surface area contributed by atoms with Gasteiger partial charge in [-0.1, -0.05) is 15.9 Å². The monoisotopic (exact) mass is 239 g/mol. The van der Waals surface area contributed by atoms with Crippen molar-refractivity contribution in [3.63, 3.8) is 0 Å². The highest BCUT2D eigenvalue weighted by Crippen LogP contribution is 2.21. The predicted octanol–water partition coefficient (Wildman–Crippen LogP) is 2.90. The van der Waals surface area contributed by atoms with E-state index in [1.54, 1.807) is 6.07 Å². The van der Waals surface area contributed by atoms with E-state index in [9.17, 15) is 4.39 Å². The fraction of sp³-hybridized carbons (Fsp3) is 0.143. The van der Waals surface area contributed by atoms with Gasteiger partial charge >= 0.3 is 0 Å². The lowest BCUT2D eigenvalue weighted by atomic mass is 10.2. The zero-order valence-corrected chi connectivity index (χ0v) is 8.30. The molecule has 0 spiro atoms. The zero-order chi connectivity index (χ0) is 7.72. The first kappa shape index (κ1) is 10.7. The minimum Gasteiger partial charge on any atom is -0.396 e. The Morgan fingerprint density at radius 1 is 1.45 bits per heavy atom. The average Bonchev–Trinajstić information content (AvgIpc) is 1.84. The molecular weight excluding hydrogens is 232 g/mol. The SMILES string of the molecule is Cc1cc(F)c(N)cc1Br.Cl. The van der Waals surface area contributed by atoms with Crippen LogP contribution in [0.2, 0.25) is 0 Å². The molecule has 0 aliphatic heterocycles. The third-order valence-corrected chi connectivity index (χ3v) is 2.13. The van der Waals surface area contributed by atoms with E-state index >= 15 is 0 Å². The number of aryl methyl sites for hydroxylation is 1. The van der Waals surface area contributed by atoms with Gasteiger partial charge in [-0.2, -0.15) is 0 Å². The summed E-state index contributed by atoms with van der Waals surface area (Å²) in [6, 6.07) is 2.96. The molecule has 0 saturated heterocycles. The number of halogens is 3. The van der Waals surface area contributed by atoms with Crippen molar-refractivity contribution in [3.05, 3.63) is 28.0 Å². The number of hydrogen-bond acceptors (Lipinski definition) is 1. The Morgan fingerprint density at radius 2 is 2.00 bits per heavy atom. The van der Waals surface area contributed by atoms with Gasteiger partial charge in [0.1, 0.15) is 5.82 Å². The Bertz CT molecular complexity index is 215. The van der Waals surface area contributed by atoms with Crippen molar-refractivity contribution in [2.75, 3.05) is 5.73 Å². The van der Waals surface area contributed by atoms with Crippen molar-refractivity contribution in [2.24, 2.45) is 0 Å². The molecule has 0 bridgehead atoms. The van der Waals surface area contributed by atoms with E-state index in [0.29, 0.717) is 0 Å². The van der Waals surface area contributed by atoms with Crippen LogP contribution in [0.1, 0.15) is 5.56 Å². The molecule has 0 aliphatic rings. The van der Waals surface area contributed by atoms with Gasteiger partial charge in [0.15, 0.2) is 0 Å². The highest BCUT2D eigenvalue weighted by atomic mass is 79.9. The first-order chi connectivity index (χ1) is 4.61. The fourth-order valence-corrected chi connectivity index (χ4v) is 1.02. The summed E-state index contributed by atoms with van der Waals surface area (Å²) in [7, 11) is 0. The van der Waals surface area contributed by atoms with Crippen molar-refractivity contribution < 1.29 is 4.39 Å². The number of nitrogen functional groups attached to an aromatic ring is 1. The van der Waals surface area contributed by atoms with Crippen molar-refractivity contribution >= 4 is 34.0 Å². The van der Waals surface area contributed by atoms with E-state index in [1.807, 2.05) is 6.92 Å². The largest absolute Gasteiger partial charge is 0.396 e. The standard InChI is InChI=1S/C7H7BrFN.ClH/c1-4-2-6(9)7(10)3-5(4)8;/h2-3H,10H2,1H3;1H. The van der Waals surface area contributed by atoms with Crippen LogP contribution in [0.5, 0.6) is 0 Å². The molecule has 1 rings (SSSR count). The summed E-state index contributed by atoms with van der Waals surface area (Å²) in [6.07, 6.45) is 0. The van der Waals surface area contributed by atoms with Crippen LogP contribution in [0.3, 0.4) is 0 Å². The van der Waals surface area contributed by atoms with Gasteiger partial charge in [0.05, 0.1) is 5.69 Å². The van der Waals surface area contributed by atoms with Crippen LogP contribution in [0.25, 0.3) is 0 Å². The maximum Gasteiger partial charge on any atom is 0.146 e. The summed E-state index contributed by atoms with van der Waals surface area (Å²) in [5.41, 5.74) is 6.32. The molecule has 0 radical (unpaired) electrons. The van der Waals surface area contributed by atoms with Crippen LogP contribution in [-0.4, -0.2) is 0 Å². The summed E-state index contributed by atoms with van der Waals surface area (Å²) in [5.74, 6) is -0.360. The highest BCUT2D eigenvalue weighted by Gasteiger charge is 2.00. The van der Waals surface area contributed by atoms with Crippen molar-refractivity contribution in [2.45, 2.75) is 6.92 Å². The van der Waals surface area contributed by atoms with Gasteiger partial charge in [0.25, 0.3) is 0 Å². The highest BCUT2D eigenvalue weighted by molar-refractivity contribution is 9.10. The maximum absolute atomic E-state index is 12.6. The summed E-state index contributed by atoms with van der Waals surface area (Å²) in [5, 5.41) is 0. The number of benzene rings is 1. The van der Waals surface area contributed by atoms with Gasteiger partial charge in [-0.25, -0.2) is 4.39 Å². The van der Waals surface area contributed by atoms with Crippen LogP contribution < -0.4 is 5.73 Å². The number of nitrogens with two attached hydrogens (primary N) is 1. The normalized spacial score (nSPS) is 9.00. The molecule has 2 N–H and O–H groups in total. The summed E-state index contributed by atoms with van der Waals surface area (Å²) in [6.45, 7) is 1.81. The molecule has 0 amide bonds. The Labute approximate surface area is 79.3 Å². The molecular formula is C7H8BrClFN. The number of hydrogen-bond donors (Lipinski definition) is 1. The Morgan fingerprint density at radius 3 is 2.45 bits per heavy atom. The van der Waals surface area contributed by atoms with Crippen molar-refractivity contribution in [1.82, 2.24) is 0 Å². The Kier molecular flexibility index (Phi) is 3.83. The molecule has 1 aromatic rings. The van der Waals surface area contributed by atoms with E-state index in [4.69, 9.17) is 5.73 Å². The van der Waals surface area contributed by atoms with Gasteiger partial charge in [0, 0.05) is 4.47 Å². The predicted molar refractivity (Wildman–Crippen MR) is 50.5 cm³/mol. The Balaban J connectivity index is 0.000001000. The second-order valence-electron chi connectivity index (χ2n) is 2.12. The van der Waals surface area contributed by atoms with Gasteiger partial charge in [-0.05, 0) is 24.6 Å². The van der Waals surface area contributed by atoms with E-state index in [1.165, 1.54) is 6.07 Å². The molecule has 0 heterocycles. The molecule has 0 saturated carbocycles. The summed E-state index contributed by atoms with van der Waals surface area (Å²) in [4.78, 5) is 0. The second kappa shape index (κ2) is 3.93. The molecule has 0 fully saturated rings. The van der Waals surface area contributed by atoms with Crippen LogP contribution in [0.15, 0.2) is 16.6 Å². The van der Waals surface area contributed by atoms with Crippen LogP contribution in [-0.2, 0) is 0 Å². The van der Waals surface area contributed by atoms with Crippen molar-refractivity contribution in [3.8, 4) is 0 Å². The maximum atomic E-state index is 12.6. The third kappa shape index (κ3) is 2.34. The second-order valence-corrected chi connectivity index (χ2v) is 2.98. The van der Waals surface area contributed by atoms with E-state index in [2.05, 4.69) is 15.9 Å². The molecule has 0 unspecified atom stereocenters. The van der Waals surface area contributed by atoms with E-state index in [0.717, 1.165) is 10.0 Å². The topological polar surface area (TPSA) is 26.0 Å². The molecule has 0 aromatic heterocycles. The number of rotatable bonds is 0. The fourth-order valence-electron chi connectivity index (χ4n) is 0.662. The van der Waals surface area contributed by atoms with Gasteiger partial charge in [-0.15, -0.1) is 12.4 Å². The van der Waals surface area contributed by atoms with Crippen molar-refractivity contribution in [1.29, 1.82) is 0 Å². The van der Waals surface area contributed by atoms with Crippen LogP contribution in [0, 0.1) is 12.7 Å². The number of anilines is 1. The molecule has 0 aliphatic carbocycles. The first-order valence-electron chi connectivity index (χ1n) is 2.82. The molecule has 4 heteroatoms. The first-order valence-corrected chi connectivity index (χ1v) is 3.61. The lowest BCUT2D eigenvalue weighted by Gasteiger charge is -1.99. The van der Waals surface area contributed by atoms with Gasteiger partial charge < -0.3 is 5.73 Å². The molecule has 11 heavy (non-hydrogen) atoms. The summed E-state index contributed by atoms with van der Waals surface area (Å²) < 4.78 is 13.5. The molecule has 1 nitrogen and oxygen atoms in total. The quantitative estimate of drug-likeness (QED) is 0.693. The third-order valence-electron chi connectivity index (χ3n) is 1.28. The lowest BCUT2D eigenvalue weighted by molar-refractivity contribution is 0.631. The van der Waals surface area contributed by atoms with Crippen LogP contribution in [0.4, 0.5) is 10.1 Å². The van der Waals surface area contributed by atoms with Gasteiger partial charge in [0.2, 0.25) is 0 Å². The average molecular weight is 241 g/mol. The van der Waals surface area contributed by atoms with Crippen LogP contribution >= 0.6 is 28.3 Å². The summed E-state index contributed by atoms with van der Waals surface area (Å²) >= 11 is 3.23. The molecule has 1 aromatic carbocycles. The zero-order valence-electron chi connectivity index (χ0n) is 5.90. The molecule has 62 valence electrons. The van der Waals surface area contributed by atoms with Gasteiger partial charge in [-0.3, -0.25) is 0 Å². The van der Waals surface area contributed by atoms with E-state index in [-0.39, 0.29) is 23.9 Å². The minimum atomic E-state index is -0.360. The molecule has 0 atom stereocenters. The minimum absolute atomic E-state index is 0. The lowest BCUT2D eigenvalue weighted by Crippen LogP contribution is -1.91. The smallest absolute Gasteiger partial charge is 0.146 e. The van der Waals surface area contributed by atoms with E-state index < -0.39 is 0 Å². The Hall–Kier alpha value is -0.280.